The van der Waals surface area contributed by atoms with Gasteiger partial charge in [0.25, 0.3) is 10.1 Å². The largest absolute Gasteiger partial charge is 0.396 e. The van der Waals surface area contributed by atoms with Crippen LogP contribution in [-0.4, -0.2) is 58.8 Å². The van der Waals surface area contributed by atoms with Crippen LogP contribution in [0.5, 0.6) is 0 Å². The van der Waals surface area contributed by atoms with Gasteiger partial charge < -0.3 is 5.11 Å². The molecule has 2 aromatic rings. The number of aryl methyl sites for hydroxylation is 1. The van der Waals surface area contributed by atoms with Crippen LogP contribution in [-0.2, 0) is 37.0 Å². The Hall–Kier alpha value is -3.27. The van der Waals surface area contributed by atoms with Gasteiger partial charge in [-0.15, -0.1) is 0 Å². The van der Waals surface area contributed by atoms with Gasteiger partial charge in [0.05, 0.1) is 27.5 Å². The average Bonchev–Trinajstić information content (AvgIpc) is 3.31. The zero-order chi connectivity index (χ0) is 30.6. The summed E-state index contributed by atoms with van der Waals surface area (Å²) in [7, 11) is -4.38. The Labute approximate surface area is 247 Å². The summed E-state index contributed by atoms with van der Waals surface area (Å²) in [6.45, 7) is 10.7. The first-order valence-corrected chi connectivity index (χ1v) is 16.0. The first kappa shape index (κ1) is 30.2. The molecule has 0 aromatic heterocycles. The number of hydrogen-bond acceptors (Lipinski definition) is 6. The quantitative estimate of drug-likeness (QED) is 0.0980. The van der Waals surface area contributed by atoms with Crippen molar-refractivity contribution in [2.75, 3.05) is 13.2 Å². The summed E-state index contributed by atoms with van der Waals surface area (Å²) in [5, 5.41) is 9.02. The number of allylic oxidation sites excluding steroid dienone is 2. The molecule has 2 N–H and O–H groups in total. The number of Topliss-reactive ketones (excluding diaryl/α,β-unsaturated/α-hetero) is 2. The van der Waals surface area contributed by atoms with E-state index in [1.807, 2.05) is 25.3 Å². The average molecular weight is 592 g/mol. The lowest BCUT2D eigenvalue weighted by Gasteiger charge is -2.30. The van der Waals surface area contributed by atoms with Crippen molar-refractivity contribution in [3.63, 3.8) is 0 Å². The number of aliphatic hydroxyl groups is 1. The smallest absolute Gasteiger partial charge is 0.294 e. The highest BCUT2D eigenvalue weighted by molar-refractivity contribution is 7.85. The third-order valence-corrected chi connectivity index (χ3v) is 10.0. The first-order chi connectivity index (χ1) is 19.7. The molecular weight excluding hydrogens is 552 g/mol. The van der Waals surface area contributed by atoms with E-state index in [1.165, 1.54) is 17.7 Å². The van der Waals surface area contributed by atoms with E-state index in [-0.39, 0.29) is 35.1 Å². The van der Waals surface area contributed by atoms with E-state index in [2.05, 4.69) is 32.0 Å². The van der Waals surface area contributed by atoms with E-state index in [1.54, 1.807) is 12.1 Å². The van der Waals surface area contributed by atoms with E-state index < -0.39 is 26.9 Å². The zero-order valence-corrected chi connectivity index (χ0v) is 25.7. The van der Waals surface area contributed by atoms with Crippen LogP contribution in [0.3, 0.4) is 0 Å². The predicted molar refractivity (Wildman–Crippen MR) is 162 cm³/mol. The molecule has 0 spiro atoms. The Morgan fingerprint density at radius 3 is 2.31 bits per heavy atom. The van der Waals surface area contributed by atoms with Crippen LogP contribution >= 0.6 is 0 Å². The maximum Gasteiger partial charge on any atom is 0.294 e. The third kappa shape index (κ3) is 5.01. The lowest BCUT2D eigenvalue weighted by Crippen LogP contribution is -2.45. The molecule has 1 aliphatic carbocycles. The van der Waals surface area contributed by atoms with Crippen LogP contribution in [0.4, 0.5) is 11.4 Å². The van der Waals surface area contributed by atoms with Gasteiger partial charge in [-0.25, -0.2) is 0 Å². The van der Waals surface area contributed by atoms with Crippen molar-refractivity contribution in [3.8, 4) is 0 Å². The maximum atomic E-state index is 13.4. The molecule has 3 aliphatic rings. The number of aliphatic hydroxyl groups excluding tert-OH is 1. The highest BCUT2D eigenvalue weighted by Gasteiger charge is 2.51. The number of benzene rings is 2. The highest BCUT2D eigenvalue weighted by atomic mass is 32.2. The molecule has 1 saturated carbocycles. The molecule has 222 valence electrons. The van der Waals surface area contributed by atoms with Crippen LogP contribution in [0, 0.1) is 5.92 Å². The normalized spacial score (nSPS) is 20.4. The number of carbonyl (C=O) groups excluding carboxylic acids is 2. The van der Waals surface area contributed by atoms with Gasteiger partial charge in [-0.1, -0.05) is 32.4 Å². The number of rotatable bonds is 10. The molecule has 2 aliphatic heterocycles. The second-order valence-corrected chi connectivity index (χ2v) is 13.9. The van der Waals surface area contributed by atoms with E-state index in [0.29, 0.717) is 12.1 Å². The van der Waals surface area contributed by atoms with Gasteiger partial charge in [-0.3, -0.25) is 19.1 Å². The van der Waals surface area contributed by atoms with Crippen LogP contribution in [0.25, 0.3) is 0 Å². The topological polar surface area (TPSA) is 124 Å². The van der Waals surface area contributed by atoms with Gasteiger partial charge in [0, 0.05) is 41.9 Å². The van der Waals surface area contributed by atoms with Gasteiger partial charge in [0.1, 0.15) is 6.54 Å². The van der Waals surface area contributed by atoms with Gasteiger partial charge in [0.15, 0.2) is 17.3 Å². The number of carbonyl (C=O) groups is 2. The summed E-state index contributed by atoms with van der Waals surface area (Å²) in [5.74, 6) is -1.17. The van der Waals surface area contributed by atoms with Crippen molar-refractivity contribution in [3.05, 3.63) is 64.7 Å². The lowest BCUT2D eigenvalue weighted by atomic mass is 9.69. The highest BCUT2D eigenvalue weighted by Crippen LogP contribution is 2.45. The molecular formula is C33H39N2O6S+. The molecule has 0 bridgehead atoms. The number of unbranched alkanes of at least 4 members (excludes halogenated alkanes) is 2. The molecule has 42 heavy (non-hydrogen) atoms. The van der Waals surface area contributed by atoms with Crippen LogP contribution < -0.4 is 0 Å². The van der Waals surface area contributed by atoms with Crippen molar-refractivity contribution in [1.29, 1.82) is 0 Å². The van der Waals surface area contributed by atoms with Crippen LogP contribution in [0.15, 0.2) is 57.9 Å². The number of ketones is 2. The predicted octanol–water partition coefficient (Wildman–Crippen LogP) is 5.18. The van der Waals surface area contributed by atoms with Gasteiger partial charge in [0.2, 0.25) is 5.69 Å². The van der Waals surface area contributed by atoms with Crippen molar-refractivity contribution >= 4 is 44.5 Å². The monoisotopic (exact) mass is 591 g/mol. The van der Waals surface area contributed by atoms with Crippen molar-refractivity contribution < 1.29 is 32.2 Å². The molecule has 1 fully saturated rings. The lowest BCUT2D eigenvalue weighted by molar-refractivity contribution is -0.433. The number of hydrogen-bond donors (Lipinski definition) is 2. The minimum atomic E-state index is -4.38. The molecule has 0 saturated heterocycles. The Morgan fingerprint density at radius 2 is 1.67 bits per heavy atom. The van der Waals surface area contributed by atoms with E-state index in [0.717, 1.165) is 54.0 Å². The standard InChI is InChI=1S/C33H38N2O6S/c1-6-35-27-14-12-21(42(39,40)41)17-25(27)33(4,5)29(35)19-23-30(37)22(31(23)38)18-28-32(2,3)24-13-11-20(16-26(24)34-28)10-8-7-9-15-36/h11-14,16-17,19,22,36H,6-10,15,18H2,1-5H3/p+1. The molecule has 8 nitrogen and oxygen atoms in total. The van der Waals surface area contributed by atoms with Gasteiger partial charge in [-0.2, -0.15) is 13.0 Å². The van der Waals surface area contributed by atoms with E-state index >= 15 is 0 Å². The summed E-state index contributed by atoms with van der Waals surface area (Å²) >= 11 is 0. The summed E-state index contributed by atoms with van der Waals surface area (Å²) in [5.41, 5.74) is 5.30. The SMILES string of the molecule is CC[N+]1=C(C=C2C(=O)C(CC3=Nc4cc(CCCCCO)ccc4C3(C)C)C2=O)C(C)(C)c2cc(S(=O)(=O)O)ccc21. The maximum absolute atomic E-state index is 13.4. The fourth-order valence-electron chi connectivity index (χ4n) is 6.52. The molecule has 5 rings (SSSR count). The molecule has 2 heterocycles. The first-order valence-electron chi connectivity index (χ1n) is 14.6. The summed E-state index contributed by atoms with van der Waals surface area (Å²) in [6.07, 6.45) is 5.62. The Bertz CT molecular complexity index is 1680. The molecule has 2 aromatic carbocycles. The number of nitrogens with zero attached hydrogens (tertiary/aromatic N) is 2. The molecule has 9 heteroatoms. The Balaban J connectivity index is 1.37. The Kier molecular flexibility index (Phi) is 7.75. The van der Waals surface area contributed by atoms with E-state index in [9.17, 15) is 22.6 Å². The molecule has 0 unspecified atom stereocenters. The number of aliphatic imine (C=N–C) groups is 1. The van der Waals surface area contributed by atoms with Crippen molar-refractivity contribution in [1.82, 2.24) is 0 Å². The van der Waals surface area contributed by atoms with Gasteiger partial charge in [-0.05, 0) is 69.4 Å². The number of fused-ring (bicyclic) bond motifs is 2. The molecule has 0 amide bonds. The zero-order valence-electron chi connectivity index (χ0n) is 24.9. The molecule has 0 atom stereocenters. The van der Waals surface area contributed by atoms with Crippen LogP contribution in [0.2, 0.25) is 0 Å². The van der Waals surface area contributed by atoms with Crippen LogP contribution in [0.1, 0.15) is 77.0 Å². The Morgan fingerprint density at radius 1 is 0.952 bits per heavy atom. The second-order valence-electron chi connectivity index (χ2n) is 12.5. The second kappa shape index (κ2) is 10.8. The minimum absolute atomic E-state index is 0.156. The minimum Gasteiger partial charge on any atom is -0.396 e. The van der Waals surface area contributed by atoms with Crippen molar-refractivity contribution in [2.24, 2.45) is 10.9 Å². The summed E-state index contributed by atoms with van der Waals surface area (Å²) in [6, 6.07) is 10.8. The van der Waals surface area contributed by atoms with E-state index in [4.69, 9.17) is 10.1 Å². The summed E-state index contributed by atoms with van der Waals surface area (Å²) in [4.78, 5) is 31.5. The van der Waals surface area contributed by atoms with Gasteiger partial charge >= 0.3 is 0 Å². The molecule has 0 radical (unpaired) electrons. The summed E-state index contributed by atoms with van der Waals surface area (Å²) < 4.78 is 35.1. The third-order valence-electron chi connectivity index (χ3n) is 9.16. The fourth-order valence-corrected chi connectivity index (χ4v) is 7.03. The van der Waals surface area contributed by atoms with Crippen molar-refractivity contribution in [2.45, 2.75) is 82.4 Å². The fraction of sp³-hybridized carbons (Fsp3) is 0.455.